The molecule has 5 rings (SSSR count). The molecule has 1 aliphatic rings. The topological polar surface area (TPSA) is 45.8 Å². The second kappa shape index (κ2) is 8.52. The van der Waals surface area contributed by atoms with Crippen LogP contribution in [0, 0.1) is 17.5 Å². The molecule has 4 aromatic rings. The number of nitrogens with one attached hydrogen (secondary N) is 1. The predicted octanol–water partition coefficient (Wildman–Crippen LogP) is 5.88. The molecule has 0 amide bonds. The quantitative estimate of drug-likeness (QED) is 0.380. The van der Waals surface area contributed by atoms with E-state index in [1.165, 1.54) is 0 Å². The largest absolute Gasteiger partial charge is 0.354 e. The Labute approximate surface area is 188 Å². The van der Waals surface area contributed by atoms with Gasteiger partial charge in [-0.25, -0.2) is 17.4 Å². The van der Waals surface area contributed by atoms with E-state index in [4.69, 9.17) is 0 Å². The summed E-state index contributed by atoms with van der Waals surface area (Å²) in [5.41, 5.74) is 5.05. The molecule has 0 aliphatic carbocycles. The number of aromatic nitrogens is 2. The summed E-state index contributed by atoms with van der Waals surface area (Å²) >= 11 is 0. The molecular formula is C24H17F3N2OS2. The van der Waals surface area contributed by atoms with E-state index in [9.17, 15) is 17.4 Å². The number of H-pyrrole nitrogens is 1. The number of hydrogen-bond acceptors (Lipinski definition) is 2. The van der Waals surface area contributed by atoms with Crippen molar-refractivity contribution in [3.05, 3.63) is 83.9 Å². The minimum atomic E-state index is -1.49. The molecule has 1 unspecified atom stereocenters. The van der Waals surface area contributed by atoms with Gasteiger partial charge in [-0.15, -0.1) is 0 Å². The monoisotopic (exact) mass is 470 g/mol. The van der Waals surface area contributed by atoms with Gasteiger partial charge in [0.15, 0.2) is 17.5 Å². The van der Waals surface area contributed by atoms with Gasteiger partial charge >= 0.3 is 0 Å². The van der Waals surface area contributed by atoms with Crippen molar-refractivity contribution in [2.75, 3.05) is 5.75 Å². The number of rotatable bonds is 3. The van der Waals surface area contributed by atoms with Crippen molar-refractivity contribution in [2.24, 2.45) is 0 Å². The highest BCUT2D eigenvalue weighted by Gasteiger charge is 2.19. The summed E-state index contributed by atoms with van der Waals surface area (Å²) in [6.07, 6.45) is 5.16. The smallest absolute Gasteiger partial charge is 0.194 e. The van der Waals surface area contributed by atoms with Crippen LogP contribution in [0.4, 0.5) is 13.2 Å². The summed E-state index contributed by atoms with van der Waals surface area (Å²) in [6.45, 7) is 0. The number of nitrogens with zero attached hydrogens (tertiary/aromatic N) is 1. The van der Waals surface area contributed by atoms with E-state index in [1.807, 2.05) is 18.2 Å². The van der Waals surface area contributed by atoms with Crippen LogP contribution in [0.1, 0.15) is 12.0 Å². The fourth-order valence-corrected chi connectivity index (χ4v) is 6.74. The second-order valence-electron chi connectivity index (χ2n) is 7.51. The molecule has 1 aliphatic heterocycles. The minimum absolute atomic E-state index is 0.210. The van der Waals surface area contributed by atoms with E-state index in [0.29, 0.717) is 15.9 Å². The average Bonchev–Trinajstić information content (AvgIpc) is 3.27. The van der Waals surface area contributed by atoms with Crippen molar-refractivity contribution in [3.8, 4) is 33.6 Å². The van der Waals surface area contributed by atoms with Gasteiger partial charge in [-0.1, -0.05) is 15.5 Å². The Balaban J connectivity index is 1.68. The lowest BCUT2D eigenvalue weighted by atomic mass is 10.0. The molecular weight excluding hydrogens is 453 g/mol. The van der Waals surface area contributed by atoms with Gasteiger partial charge in [0.05, 0.1) is 5.69 Å². The van der Waals surface area contributed by atoms with Gasteiger partial charge in [0.1, 0.15) is 10.2 Å². The molecule has 0 saturated heterocycles. The standard InChI is InChI=1S/C24H17F3N2OS2/c25-19-11-17(12-20(26)23(19)27)24-18(14-5-7-28-8-6-14)13-21(29-24)15-3-4-22-16(10-15)2-1-9-32(22)31-30/h3-8,10-13,29H,1-2,9H2. The van der Waals surface area contributed by atoms with Crippen LogP contribution in [0.5, 0.6) is 0 Å². The van der Waals surface area contributed by atoms with Gasteiger partial charge < -0.3 is 4.98 Å². The third-order valence-corrected chi connectivity index (χ3v) is 8.80. The van der Waals surface area contributed by atoms with Gasteiger partial charge in [0.2, 0.25) is 0 Å². The number of hydrogen-bond donors (Lipinski definition) is 1. The van der Waals surface area contributed by atoms with E-state index >= 15 is 0 Å². The molecule has 0 fully saturated rings. The maximum atomic E-state index is 14.0. The first-order valence-electron chi connectivity index (χ1n) is 9.98. The number of aromatic amines is 1. The first-order chi connectivity index (χ1) is 15.5. The first-order valence-corrected chi connectivity index (χ1v) is 12.6. The lowest BCUT2D eigenvalue weighted by Crippen LogP contribution is -2.09. The fourth-order valence-electron chi connectivity index (χ4n) is 4.04. The molecule has 1 N–H and O–H groups in total. The van der Waals surface area contributed by atoms with E-state index in [2.05, 4.69) is 16.0 Å². The molecule has 8 heteroatoms. The third-order valence-electron chi connectivity index (χ3n) is 5.56. The van der Waals surface area contributed by atoms with Crippen molar-refractivity contribution in [3.63, 3.8) is 0 Å². The molecule has 0 spiro atoms. The van der Waals surface area contributed by atoms with Crippen molar-refractivity contribution in [1.82, 2.24) is 9.97 Å². The zero-order chi connectivity index (χ0) is 22.2. The Kier molecular flexibility index (Phi) is 5.57. The molecule has 0 bridgehead atoms. The van der Waals surface area contributed by atoms with Gasteiger partial charge in [0, 0.05) is 39.9 Å². The zero-order valence-electron chi connectivity index (χ0n) is 16.7. The Morgan fingerprint density at radius 1 is 0.906 bits per heavy atom. The Bertz CT molecular complexity index is 1370. The van der Waals surface area contributed by atoms with Gasteiger partial charge in [-0.3, -0.25) is 4.98 Å². The molecule has 0 radical (unpaired) electrons. The van der Waals surface area contributed by atoms with E-state index in [-0.39, 0.29) is 15.0 Å². The fraction of sp³-hybridized carbons (Fsp3) is 0.125. The van der Waals surface area contributed by atoms with Crippen LogP contribution in [0.25, 0.3) is 33.6 Å². The Morgan fingerprint density at radius 2 is 1.66 bits per heavy atom. The molecule has 1 atom stereocenters. The lowest BCUT2D eigenvalue weighted by Gasteiger charge is -2.17. The number of aryl methyl sites for hydroxylation is 1. The Morgan fingerprint density at radius 3 is 2.38 bits per heavy atom. The predicted molar refractivity (Wildman–Crippen MR) is 122 cm³/mol. The van der Waals surface area contributed by atoms with Crippen LogP contribution in [0.3, 0.4) is 0 Å². The van der Waals surface area contributed by atoms with Crippen molar-refractivity contribution in [1.29, 1.82) is 0 Å². The second-order valence-corrected chi connectivity index (χ2v) is 10.8. The van der Waals surface area contributed by atoms with Crippen molar-refractivity contribution >= 4 is 19.7 Å². The van der Waals surface area contributed by atoms with E-state index in [1.54, 1.807) is 24.5 Å². The lowest BCUT2D eigenvalue weighted by molar-refractivity contribution is 0.447. The average molecular weight is 471 g/mol. The summed E-state index contributed by atoms with van der Waals surface area (Å²) in [4.78, 5) is 8.41. The van der Waals surface area contributed by atoms with Crippen LogP contribution in [0.2, 0.25) is 0 Å². The number of benzene rings is 2. The van der Waals surface area contributed by atoms with Crippen molar-refractivity contribution < 1.29 is 17.4 Å². The molecule has 0 saturated carbocycles. The summed E-state index contributed by atoms with van der Waals surface area (Å²) in [7, 11) is 0.325. The molecule has 3 nitrogen and oxygen atoms in total. The first kappa shape index (κ1) is 20.9. The van der Waals surface area contributed by atoms with Crippen LogP contribution < -0.4 is 0 Å². The zero-order valence-corrected chi connectivity index (χ0v) is 18.3. The van der Waals surface area contributed by atoms with E-state index < -0.39 is 17.5 Å². The SMILES string of the molecule is O=S=S1CCCc2cc(-c3cc(-c4ccncc4)c(-c4cc(F)c(F)c(F)c4)[nH]3)ccc21. The van der Waals surface area contributed by atoms with Crippen LogP contribution in [-0.2, 0) is 26.1 Å². The number of halogens is 3. The summed E-state index contributed by atoms with van der Waals surface area (Å²) < 4.78 is 53.0. The van der Waals surface area contributed by atoms with E-state index in [0.717, 1.165) is 63.6 Å². The van der Waals surface area contributed by atoms with Crippen LogP contribution >= 0.6 is 0 Å². The number of fused-ring (bicyclic) bond motifs is 1. The van der Waals surface area contributed by atoms with Gasteiger partial charge in [-0.05, 0) is 72.0 Å². The summed E-state index contributed by atoms with van der Waals surface area (Å²) in [6, 6.07) is 13.5. The highest BCUT2D eigenvalue weighted by atomic mass is 32.8. The molecule has 2 aromatic carbocycles. The molecule has 2 aromatic heterocycles. The maximum Gasteiger partial charge on any atom is 0.194 e. The minimum Gasteiger partial charge on any atom is -0.354 e. The molecule has 162 valence electrons. The van der Waals surface area contributed by atoms with Crippen molar-refractivity contribution in [2.45, 2.75) is 17.7 Å². The van der Waals surface area contributed by atoms with Crippen LogP contribution in [-0.4, -0.2) is 19.9 Å². The van der Waals surface area contributed by atoms with Gasteiger partial charge in [0.25, 0.3) is 0 Å². The normalized spacial score (nSPS) is 15.4. The molecule has 32 heavy (non-hydrogen) atoms. The summed E-state index contributed by atoms with van der Waals surface area (Å²) in [5, 5.41) is 0. The molecule has 3 heterocycles. The third kappa shape index (κ3) is 3.73. The summed E-state index contributed by atoms with van der Waals surface area (Å²) in [5.74, 6) is -3.08. The van der Waals surface area contributed by atoms with Gasteiger partial charge in [-0.2, -0.15) is 0 Å². The maximum absolute atomic E-state index is 14.0. The van der Waals surface area contributed by atoms with Crippen LogP contribution in [0.15, 0.2) is 65.8 Å². The highest BCUT2D eigenvalue weighted by molar-refractivity contribution is 8.31. The number of pyridine rings is 1. The highest BCUT2D eigenvalue weighted by Crippen LogP contribution is 2.37. The Hall–Kier alpha value is -2.97.